The van der Waals surface area contributed by atoms with Crippen LogP contribution in [0.1, 0.15) is 41.5 Å². The standard InChI is InChI=1S/C13H16BNO4.C13H15NO2/c1-13(2,3)19-12(16)15-10-7-5-4-6-9(10)8-11(15)14(17)18;1-13(2,3)16-12(15)14-9-8-10-6-4-5-7-11(10)14/h4-8,17-18H,1-3H3;4-9H,1-3H3. The Morgan fingerprint density at radius 2 is 1.26 bits per heavy atom. The van der Waals surface area contributed by atoms with Crippen LogP contribution in [-0.4, -0.2) is 49.7 Å². The van der Waals surface area contributed by atoms with Crippen molar-refractivity contribution in [3.8, 4) is 0 Å². The molecule has 0 radical (unpaired) electrons. The highest BCUT2D eigenvalue weighted by Crippen LogP contribution is 2.18. The van der Waals surface area contributed by atoms with E-state index in [-0.39, 0.29) is 11.7 Å². The third-order valence-electron chi connectivity index (χ3n) is 4.77. The number of hydrogen-bond donors (Lipinski definition) is 2. The van der Waals surface area contributed by atoms with E-state index in [1.54, 1.807) is 51.2 Å². The van der Waals surface area contributed by atoms with Crippen LogP contribution in [0.5, 0.6) is 0 Å². The molecule has 0 bridgehead atoms. The second-order valence-electron chi connectivity index (χ2n) is 10.0. The molecule has 4 rings (SSSR count). The number of ether oxygens (including phenoxy) is 2. The van der Waals surface area contributed by atoms with Crippen molar-refractivity contribution in [2.75, 3.05) is 0 Å². The lowest BCUT2D eigenvalue weighted by atomic mass is 9.86. The van der Waals surface area contributed by atoms with Crippen LogP contribution >= 0.6 is 0 Å². The molecule has 0 aliphatic heterocycles. The summed E-state index contributed by atoms with van der Waals surface area (Å²) in [6.45, 7) is 10.8. The van der Waals surface area contributed by atoms with Crippen molar-refractivity contribution < 1.29 is 29.1 Å². The van der Waals surface area contributed by atoms with Gasteiger partial charge in [-0.2, -0.15) is 0 Å². The predicted molar refractivity (Wildman–Crippen MR) is 137 cm³/mol. The minimum absolute atomic E-state index is 0.0930. The first kappa shape index (κ1) is 26.1. The molecule has 2 N–H and O–H groups in total. The third-order valence-corrected chi connectivity index (χ3v) is 4.77. The zero-order chi connectivity index (χ0) is 26.0. The number of para-hydroxylation sites is 2. The molecular weight excluding hydrogens is 447 g/mol. The van der Waals surface area contributed by atoms with Gasteiger partial charge in [0.25, 0.3) is 0 Å². The zero-order valence-electron chi connectivity index (χ0n) is 20.9. The minimum atomic E-state index is -1.74. The van der Waals surface area contributed by atoms with Crippen LogP contribution in [0.25, 0.3) is 21.8 Å². The van der Waals surface area contributed by atoms with E-state index in [1.807, 2.05) is 57.2 Å². The average Bonchev–Trinajstić information content (AvgIpc) is 3.34. The molecule has 2 heterocycles. The summed E-state index contributed by atoms with van der Waals surface area (Å²) in [6, 6.07) is 18.3. The van der Waals surface area contributed by atoms with Crippen LogP contribution in [-0.2, 0) is 9.47 Å². The molecule has 0 amide bonds. The van der Waals surface area contributed by atoms with Gasteiger partial charge in [0, 0.05) is 11.6 Å². The van der Waals surface area contributed by atoms with E-state index in [2.05, 4.69) is 0 Å². The van der Waals surface area contributed by atoms with Crippen molar-refractivity contribution in [3.05, 3.63) is 66.9 Å². The molecule has 2 aromatic carbocycles. The summed E-state index contributed by atoms with van der Waals surface area (Å²) in [6.07, 6.45) is 0.768. The Bertz CT molecular complexity index is 1340. The first-order chi connectivity index (χ1) is 16.3. The monoisotopic (exact) mass is 478 g/mol. The van der Waals surface area contributed by atoms with Crippen molar-refractivity contribution in [1.82, 2.24) is 9.13 Å². The minimum Gasteiger partial charge on any atom is -0.443 e. The summed E-state index contributed by atoms with van der Waals surface area (Å²) in [5.74, 6) is 0. The summed E-state index contributed by atoms with van der Waals surface area (Å²) in [7, 11) is -1.74. The molecule has 9 heteroatoms. The predicted octanol–water partition coefficient (Wildman–Crippen LogP) is 4.53. The van der Waals surface area contributed by atoms with Crippen LogP contribution in [0.3, 0.4) is 0 Å². The van der Waals surface area contributed by atoms with Gasteiger partial charge in [-0.1, -0.05) is 36.4 Å². The fraction of sp³-hybridized carbons (Fsp3) is 0.308. The highest BCUT2D eigenvalue weighted by Gasteiger charge is 2.26. The topological polar surface area (TPSA) is 103 Å². The van der Waals surface area contributed by atoms with Crippen LogP contribution in [0.4, 0.5) is 9.59 Å². The number of nitrogens with zero attached hydrogens (tertiary/aromatic N) is 2. The number of benzene rings is 2. The molecule has 0 unspecified atom stereocenters. The number of carbonyl (C=O) groups is 2. The van der Waals surface area contributed by atoms with Crippen LogP contribution < -0.4 is 5.59 Å². The van der Waals surface area contributed by atoms with Crippen molar-refractivity contribution in [1.29, 1.82) is 0 Å². The quantitative estimate of drug-likeness (QED) is 0.390. The lowest BCUT2D eigenvalue weighted by molar-refractivity contribution is 0.0534. The summed E-state index contributed by atoms with van der Waals surface area (Å²) in [5.41, 5.74) is 0.426. The largest absolute Gasteiger partial charge is 0.506 e. The molecule has 0 fully saturated rings. The molecule has 0 aliphatic rings. The van der Waals surface area contributed by atoms with Gasteiger partial charge in [-0.25, -0.2) is 9.59 Å². The molecule has 184 valence electrons. The molecule has 35 heavy (non-hydrogen) atoms. The normalized spacial score (nSPS) is 11.7. The van der Waals surface area contributed by atoms with E-state index in [0.717, 1.165) is 16.3 Å². The van der Waals surface area contributed by atoms with E-state index >= 15 is 0 Å². The molecule has 0 saturated heterocycles. The van der Waals surface area contributed by atoms with Gasteiger partial charge in [0.2, 0.25) is 0 Å². The van der Waals surface area contributed by atoms with Crippen LogP contribution in [0, 0.1) is 0 Å². The summed E-state index contributed by atoms with van der Waals surface area (Å²) < 4.78 is 13.3. The molecule has 0 atom stereocenters. The number of hydrogen-bond acceptors (Lipinski definition) is 6. The Morgan fingerprint density at radius 3 is 1.83 bits per heavy atom. The highest BCUT2D eigenvalue weighted by molar-refractivity contribution is 6.59. The molecular formula is C26H31BN2O6. The number of fused-ring (bicyclic) bond motifs is 2. The van der Waals surface area contributed by atoms with Crippen molar-refractivity contribution >= 4 is 46.7 Å². The molecule has 0 spiro atoms. The number of rotatable bonds is 1. The molecule has 4 aromatic rings. The first-order valence-corrected chi connectivity index (χ1v) is 11.3. The fourth-order valence-corrected chi connectivity index (χ4v) is 3.43. The Balaban J connectivity index is 0.000000198. The SMILES string of the molecule is CC(C)(C)OC(=O)n1c(B(O)O)cc2ccccc21.CC(C)(C)OC(=O)n1ccc2ccccc21. The molecule has 2 aromatic heterocycles. The van der Waals surface area contributed by atoms with E-state index in [1.165, 1.54) is 9.13 Å². The summed E-state index contributed by atoms with van der Waals surface area (Å²) in [4.78, 5) is 24.1. The Morgan fingerprint density at radius 1 is 0.743 bits per heavy atom. The Labute approximate surface area is 204 Å². The van der Waals surface area contributed by atoms with Gasteiger partial charge < -0.3 is 19.5 Å². The van der Waals surface area contributed by atoms with E-state index in [9.17, 15) is 19.6 Å². The lowest BCUT2D eigenvalue weighted by Crippen LogP contribution is -2.40. The maximum Gasteiger partial charge on any atom is 0.506 e. The Hall–Kier alpha value is -3.56. The van der Waals surface area contributed by atoms with Gasteiger partial charge in [0.05, 0.1) is 16.6 Å². The summed E-state index contributed by atoms with van der Waals surface area (Å²) >= 11 is 0. The summed E-state index contributed by atoms with van der Waals surface area (Å²) in [5, 5.41) is 20.5. The van der Waals surface area contributed by atoms with Gasteiger partial charge in [0.1, 0.15) is 11.2 Å². The van der Waals surface area contributed by atoms with Crippen molar-refractivity contribution in [2.45, 2.75) is 52.7 Å². The lowest BCUT2D eigenvalue weighted by Gasteiger charge is -2.20. The van der Waals surface area contributed by atoms with Crippen LogP contribution in [0.2, 0.25) is 0 Å². The third kappa shape index (κ3) is 6.52. The fourth-order valence-electron chi connectivity index (χ4n) is 3.43. The number of carbonyl (C=O) groups excluding carboxylic acids is 2. The number of aromatic nitrogens is 2. The van der Waals surface area contributed by atoms with E-state index < -0.39 is 24.4 Å². The maximum absolute atomic E-state index is 12.2. The smallest absolute Gasteiger partial charge is 0.443 e. The Kier molecular flexibility index (Phi) is 7.43. The van der Waals surface area contributed by atoms with Gasteiger partial charge in [-0.3, -0.25) is 9.13 Å². The van der Waals surface area contributed by atoms with Crippen molar-refractivity contribution in [2.24, 2.45) is 0 Å². The van der Waals surface area contributed by atoms with Gasteiger partial charge >= 0.3 is 19.3 Å². The van der Waals surface area contributed by atoms with Crippen molar-refractivity contribution in [3.63, 3.8) is 0 Å². The average molecular weight is 478 g/mol. The van der Waals surface area contributed by atoms with Gasteiger partial charge in [-0.15, -0.1) is 0 Å². The van der Waals surface area contributed by atoms with E-state index in [4.69, 9.17) is 9.47 Å². The van der Waals surface area contributed by atoms with Gasteiger partial charge in [0.15, 0.2) is 0 Å². The first-order valence-electron chi connectivity index (χ1n) is 11.3. The molecule has 0 saturated carbocycles. The zero-order valence-corrected chi connectivity index (χ0v) is 20.9. The maximum atomic E-state index is 12.2. The molecule has 8 nitrogen and oxygen atoms in total. The second kappa shape index (κ2) is 9.97. The molecule has 0 aliphatic carbocycles. The highest BCUT2D eigenvalue weighted by atomic mass is 16.6. The van der Waals surface area contributed by atoms with Crippen LogP contribution in [0.15, 0.2) is 66.9 Å². The van der Waals surface area contributed by atoms with E-state index in [0.29, 0.717) is 5.52 Å². The van der Waals surface area contributed by atoms with Gasteiger partial charge in [-0.05, 0) is 71.2 Å². The second-order valence-corrected chi connectivity index (χ2v) is 10.0.